The van der Waals surface area contributed by atoms with Gasteiger partial charge in [0, 0.05) is 12.3 Å². The summed E-state index contributed by atoms with van der Waals surface area (Å²) in [4.78, 5) is 27.2. The lowest BCUT2D eigenvalue weighted by molar-refractivity contribution is -0.123. The molecule has 1 unspecified atom stereocenters. The van der Waals surface area contributed by atoms with Gasteiger partial charge in [-0.3, -0.25) is 14.5 Å². The Kier molecular flexibility index (Phi) is 8.37. The predicted molar refractivity (Wildman–Crippen MR) is 137 cm³/mol. The van der Waals surface area contributed by atoms with Crippen molar-refractivity contribution in [2.24, 2.45) is 0 Å². The molecule has 0 radical (unpaired) electrons. The van der Waals surface area contributed by atoms with Crippen molar-refractivity contribution in [2.75, 3.05) is 31.7 Å². The number of thioether (sulfide) groups is 1. The number of rotatable bonds is 9. The molecule has 7 nitrogen and oxygen atoms in total. The number of halogens is 1. The van der Waals surface area contributed by atoms with E-state index in [9.17, 15) is 14.0 Å². The highest BCUT2D eigenvalue weighted by molar-refractivity contribution is 8.26. The Hall–Kier alpha value is -2.95. The van der Waals surface area contributed by atoms with Crippen molar-refractivity contribution in [2.45, 2.75) is 25.9 Å². The molecule has 0 spiro atoms. The quantitative estimate of drug-likeness (QED) is 0.385. The molecule has 0 aromatic heterocycles. The fraction of sp³-hybridized carbons (Fsp3) is 0.320. The molecule has 4 rings (SSSR count). The third-order valence-electron chi connectivity index (χ3n) is 5.34. The minimum absolute atomic E-state index is 0.0260. The van der Waals surface area contributed by atoms with Gasteiger partial charge in [-0.15, -0.1) is 0 Å². The normalized spacial score (nSPS) is 18.9. The van der Waals surface area contributed by atoms with Gasteiger partial charge in [0.25, 0.3) is 11.8 Å². The summed E-state index contributed by atoms with van der Waals surface area (Å²) in [6, 6.07) is 10.7. The number of benzene rings is 2. The van der Waals surface area contributed by atoms with E-state index in [4.69, 9.17) is 26.4 Å². The second-order valence-corrected chi connectivity index (χ2v) is 9.59. The third kappa shape index (κ3) is 6.59. The van der Waals surface area contributed by atoms with Gasteiger partial charge in [-0.25, -0.2) is 4.39 Å². The first-order chi connectivity index (χ1) is 16.9. The summed E-state index contributed by atoms with van der Waals surface area (Å²) >= 11 is 6.68. The van der Waals surface area contributed by atoms with E-state index >= 15 is 0 Å². The fourth-order valence-electron chi connectivity index (χ4n) is 3.68. The molecule has 1 atom stereocenters. The van der Waals surface area contributed by atoms with Crippen LogP contribution in [-0.4, -0.2) is 53.5 Å². The number of thiocarbonyl (C=S) groups is 1. The average Bonchev–Trinajstić information content (AvgIpc) is 3.44. The van der Waals surface area contributed by atoms with Crippen LogP contribution in [0, 0.1) is 5.82 Å². The number of nitrogens with zero attached hydrogens (tertiary/aromatic N) is 1. The molecule has 184 valence electrons. The van der Waals surface area contributed by atoms with Crippen LogP contribution in [0.4, 0.5) is 10.1 Å². The lowest BCUT2D eigenvalue weighted by atomic mass is 10.1. The van der Waals surface area contributed by atoms with Crippen LogP contribution in [-0.2, 0) is 14.3 Å². The number of amides is 2. The van der Waals surface area contributed by atoms with Crippen LogP contribution in [0.25, 0.3) is 6.08 Å². The van der Waals surface area contributed by atoms with Gasteiger partial charge < -0.3 is 19.5 Å². The van der Waals surface area contributed by atoms with Gasteiger partial charge in [-0.2, -0.15) is 0 Å². The van der Waals surface area contributed by atoms with Crippen molar-refractivity contribution in [1.29, 1.82) is 0 Å². The van der Waals surface area contributed by atoms with Crippen LogP contribution < -0.4 is 14.8 Å². The largest absolute Gasteiger partial charge is 0.490 e. The van der Waals surface area contributed by atoms with Crippen LogP contribution >= 0.6 is 24.0 Å². The zero-order valence-corrected chi connectivity index (χ0v) is 20.8. The van der Waals surface area contributed by atoms with E-state index in [-0.39, 0.29) is 24.4 Å². The molecular weight excluding hydrogens is 491 g/mol. The molecule has 2 aliphatic heterocycles. The second-order valence-electron chi connectivity index (χ2n) is 7.91. The monoisotopic (exact) mass is 516 g/mol. The van der Waals surface area contributed by atoms with Crippen molar-refractivity contribution < 1.29 is 28.2 Å². The van der Waals surface area contributed by atoms with E-state index in [1.807, 2.05) is 6.92 Å². The summed E-state index contributed by atoms with van der Waals surface area (Å²) in [7, 11) is 0. The number of nitrogens with one attached hydrogen (secondary N) is 1. The smallest absolute Gasteiger partial charge is 0.266 e. The molecule has 0 aliphatic carbocycles. The van der Waals surface area contributed by atoms with Gasteiger partial charge in [0.2, 0.25) is 0 Å². The van der Waals surface area contributed by atoms with Gasteiger partial charge in [0.15, 0.2) is 18.1 Å². The first-order valence-electron chi connectivity index (χ1n) is 11.2. The Bertz CT molecular complexity index is 1130. The van der Waals surface area contributed by atoms with E-state index in [0.29, 0.717) is 39.6 Å². The zero-order valence-electron chi connectivity index (χ0n) is 19.1. The van der Waals surface area contributed by atoms with Gasteiger partial charge in [0.1, 0.15) is 10.1 Å². The highest BCUT2D eigenvalue weighted by Gasteiger charge is 2.34. The molecule has 2 aromatic rings. The number of hydrogen-bond donors (Lipinski definition) is 1. The topological polar surface area (TPSA) is 77.1 Å². The van der Waals surface area contributed by atoms with Gasteiger partial charge >= 0.3 is 0 Å². The van der Waals surface area contributed by atoms with Crippen LogP contribution in [0.5, 0.6) is 11.5 Å². The molecule has 2 saturated heterocycles. The highest BCUT2D eigenvalue weighted by atomic mass is 32.2. The number of carbonyl (C=O) groups excluding carboxylic acids is 2. The molecular formula is C25H25FN2O5S2. The molecule has 2 amide bonds. The summed E-state index contributed by atoms with van der Waals surface area (Å²) in [5, 5.41) is 2.64. The van der Waals surface area contributed by atoms with E-state index in [2.05, 4.69) is 5.32 Å². The summed E-state index contributed by atoms with van der Waals surface area (Å²) in [6.07, 6.45) is 3.72. The number of hydrogen-bond acceptors (Lipinski definition) is 7. The maximum Gasteiger partial charge on any atom is 0.266 e. The van der Waals surface area contributed by atoms with Crippen molar-refractivity contribution in [3.8, 4) is 11.5 Å². The molecule has 0 bridgehead atoms. The van der Waals surface area contributed by atoms with Crippen molar-refractivity contribution in [3.63, 3.8) is 0 Å². The van der Waals surface area contributed by atoms with E-state index in [1.165, 1.54) is 36.0 Å². The Balaban J connectivity index is 1.41. The van der Waals surface area contributed by atoms with Crippen molar-refractivity contribution in [1.82, 2.24) is 4.90 Å². The standard InChI is InChI=1S/C25H25FN2O5S2/c1-2-31-21-12-16(13-22-24(30)28(25(34)35-22)14-19-4-3-11-32-19)5-10-20(21)33-15-23(29)27-18-8-6-17(26)7-9-18/h5-10,12-13,19H,2-4,11,14-15H2,1H3,(H,27,29)/b22-13-. The molecule has 1 N–H and O–H groups in total. The maximum atomic E-state index is 13.0. The number of carbonyl (C=O) groups is 2. The van der Waals surface area contributed by atoms with Gasteiger partial charge in [0.05, 0.1) is 24.2 Å². The summed E-state index contributed by atoms with van der Waals surface area (Å²) in [6.45, 7) is 3.18. The van der Waals surface area contributed by atoms with Crippen LogP contribution in [0.2, 0.25) is 0 Å². The van der Waals surface area contributed by atoms with E-state index < -0.39 is 5.91 Å². The Morgan fingerprint density at radius 3 is 2.77 bits per heavy atom. The Morgan fingerprint density at radius 1 is 1.26 bits per heavy atom. The summed E-state index contributed by atoms with van der Waals surface area (Å²) in [5.41, 5.74) is 1.21. The summed E-state index contributed by atoms with van der Waals surface area (Å²) in [5.74, 6) is -0.0649. The minimum Gasteiger partial charge on any atom is -0.490 e. The number of anilines is 1. The Morgan fingerprint density at radius 2 is 2.06 bits per heavy atom. The van der Waals surface area contributed by atoms with E-state index in [1.54, 1.807) is 29.2 Å². The minimum atomic E-state index is -0.391. The van der Waals surface area contributed by atoms with Gasteiger partial charge in [-0.1, -0.05) is 30.0 Å². The zero-order chi connectivity index (χ0) is 24.8. The molecule has 2 aliphatic rings. The summed E-state index contributed by atoms with van der Waals surface area (Å²) < 4.78 is 30.5. The lowest BCUT2D eigenvalue weighted by Gasteiger charge is -2.18. The molecule has 2 fully saturated rings. The highest BCUT2D eigenvalue weighted by Crippen LogP contribution is 2.35. The second kappa shape index (κ2) is 11.7. The SMILES string of the molecule is CCOc1cc(/C=C2\SC(=S)N(CC3CCCO3)C2=O)ccc1OCC(=O)Nc1ccc(F)cc1. The molecule has 10 heteroatoms. The first-order valence-corrected chi connectivity index (χ1v) is 12.5. The molecule has 35 heavy (non-hydrogen) atoms. The molecule has 0 saturated carbocycles. The molecule has 2 heterocycles. The molecule has 2 aromatic carbocycles. The Labute approximate surface area is 212 Å². The average molecular weight is 517 g/mol. The van der Waals surface area contributed by atoms with E-state index in [0.717, 1.165) is 25.0 Å². The van der Waals surface area contributed by atoms with Gasteiger partial charge in [-0.05, 0) is 67.8 Å². The maximum absolute atomic E-state index is 13.0. The number of ether oxygens (including phenoxy) is 3. The van der Waals surface area contributed by atoms with Crippen LogP contribution in [0.1, 0.15) is 25.3 Å². The third-order valence-corrected chi connectivity index (χ3v) is 6.71. The van der Waals surface area contributed by atoms with Crippen molar-refractivity contribution >= 4 is 51.9 Å². The van der Waals surface area contributed by atoms with Crippen molar-refractivity contribution in [3.05, 3.63) is 58.8 Å². The first kappa shape index (κ1) is 25.2. The predicted octanol–water partition coefficient (Wildman–Crippen LogP) is 4.62. The fourth-order valence-corrected chi connectivity index (χ4v) is 4.95. The lowest BCUT2D eigenvalue weighted by Crippen LogP contribution is -2.35. The van der Waals surface area contributed by atoms with Crippen LogP contribution in [0.3, 0.4) is 0 Å². The van der Waals surface area contributed by atoms with Crippen LogP contribution in [0.15, 0.2) is 47.4 Å².